The first-order valence-corrected chi connectivity index (χ1v) is 25.6. The largest absolute Gasteiger partial charge is 0.457 e. The van der Waals surface area contributed by atoms with Crippen molar-refractivity contribution in [2.45, 2.75) is 237 Å². The SMILES string of the molecule is CCC/C=C\CCCCCCCCOCC(COC1OC(CO)C(O)C(OS(=O)(=O)O)C1O)OC(=O)CCCCCCCCCCCCC/C=C\C/C=C\CCCCCCC. The zero-order valence-electron chi connectivity index (χ0n) is 38.2. The normalized spacial score (nSPS) is 20.4. The molecule has 0 aromatic rings. The molecule has 0 amide bonds. The number of aliphatic hydroxyl groups is 3. The lowest BCUT2D eigenvalue weighted by Gasteiger charge is -2.41. The van der Waals surface area contributed by atoms with Gasteiger partial charge in [0.2, 0.25) is 0 Å². The van der Waals surface area contributed by atoms with E-state index in [1.807, 2.05) is 0 Å². The van der Waals surface area contributed by atoms with Crippen LogP contribution in [0.2, 0.25) is 0 Å². The molecule has 13 heteroatoms. The zero-order valence-corrected chi connectivity index (χ0v) is 39.0. The third-order valence-corrected chi connectivity index (χ3v) is 11.4. The Morgan fingerprint density at radius 1 is 0.623 bits per heavy atom. The molecule has 12 nitrogen and oxygen atoms in total. The van der Waals surface area contributed by atoms with Crippen LogP contribution in [0.1, 0.15) is 200 Å². The number of esters is 1. The van der Waals surface area contributed by atoms with Crippen molar-refractivity contribution in [3.8, 4) is 0 Å². The second kappa shape index (κ2) is 39.9. The van der Waals surface area contributed by atoms with E-state index in [0.29, 0.717) is 13.0 Å². The summed E-state index contributed by atoms with van der Waals surface area (Å²) in [5.41, 5.74) is 0. The van der Waals surface area contributed by atoms with Crippen molar-refractivity contribution in [2.24, 2.45) is 0 Å². The van der Waals surface area contributed by atoms with Gasteiger partial charge in [-0.25, -0.2) is 4.18 Å². The molecule has 1 heterocycles. The fourth-order valence-electron chi connectivity index (χ4n) is 7.29. The van der Waals surface area contributed by atoms with Gasteiger partial charge in [0.25, 0.3) is 0 Å². The van der Waals surface area contributed by atoms with Crippen LogP contribution in [0.15, 0.2) is 36.5 Å². The number of aliphatic hydroxyl groups excluding tert-OH is 3. The lowest BCUT2D eigenvalue weighted by molar-refractivity contribution is -0.301. The highest BCUT2D eigenvalue weighted by atomic mass is 32.3. The van der Waals surface area contributed by atoms with Crippen LogP contribution >= 0.6 is 0 Å². The summed E-state index contributed by atoms with van der Waals surface area (Å²) in [6.07, 6.45) is 37.6. The van der Waals surface area contributed by atoms with Gasteiger partial charge in [0, 0.05) is 13.0 Å². The molecule has 6 atom stereocenters. The molecule has 0 aliphatic carbocycles. The van der Waals surface area contributed by atoms with Crippen LogP contribution in [0.4, 0.5) is 0 Å². The van der Waals surface area contributed by atoms with Crippen molar-refractivity contribution < 1.29 is 56.2 Å². The van der Waals surface area contributed by atoms with Crippen LogP contribution in [0.5, 0.6) is 0 Å². The summed E-state index contributed by atoms with van der Waals surface area (Å²) in [4.78, 5) is 12.9. The van der Waals surface area contributed by atoms with Crippen LogP contribution in [-0.4, -0.2) is 97.5 Å². The zero-order chi connectivity index (χ0) is 44.7. The van der Waals surface area contributed by atoms with Gasteiger partial charge >= 0.3 is 16.4 Å². The summed E-state index contributed by atoms with van der Waals surface area (Å²) in [6.45, 7) is 3.91. The van der Waals surface area contributed by atoms with E-state index in [2.05, 4.69) is 54.5 Å². The molecule has 0 bridgehead atoms. The number of carbonyl (C=O) groups excluding carboxylic acids is 1. The first kappa shape index (κ1) is 57.3. The Morgan fingerprint density at radius 2 is 1.11 bits per heavy atom. The van der Waals surface area contributed by atoms with Gasteiger partial charge in [-0.3, -0.25) is 9.35 Å². The molecule has 0 saturated carbocycles. The van der Waals surface area contributed by atoms with Crippen LogP contribution in [-0.2, 0) is 38.3 Å². The van der Waals surface area contributed by atoms with E-state index >= 15 is 0 Å². The number of unbranched alkanes of at least 4 members (excludes halogenated alkanes) is 23. The topological polar surface area (TPSA) is 178 Å². The fraction of sp³-hybridized carbons (Fsp3) is 0.854. The van der Waals surface area contributed by atoms with Gasteiger partial charge in [0.05, 0.1) is 19.8 Å². The highest BCUT2D eigenvalue weighted by molar-refractivity contribution is 7.80. The van der Waals surface area contributed by atoms with Crippen molar-refractivity contribution >= 4 is 16.4 Å². The Balaban J connectivity index is 2.33. The summed E-state index contributed by atoms with van der Waals surface area (Å²) in [7, 11) is -5.06. The van der Waals surface area contributed by atoms with Gasteiger partial charge in [-0.15, -0.1) is 0 Å². The number of rotatable bonds is 42. The Morgan fingerprint density at radius 3 is 1.64 bits per heavy atom. The van der Waals surface area contributed by atoms with Crippen molar-refractivity contribution in [1.82, 2.24) is 0 Å². The third-order valence-electron chi connectivity index (χ3n) is 11.0. The quantitative estimate of drug-likeness (QED) is 0.0198. The molecule has 1 aliphatic rings. The average Bonchev–Trinajstić information content (AvgIpc) is 3.23. The molecule has 0 aromatic heterocycles. The van der Waals surface area contributed by atoms with E-state index in [0.717, 1.165) is 57.8 Å². The Labute approximate surface area is 371 Å². The molecule has 4 N–H and O–H groups in total. The minimum Gasteiger partial charge on any atom is -0.457 e. The van der Waals surface area contributed by atoms with Crippen molar-refractivity contribution in [3.63, 3.8) is 0 Å². The first-order valence-electron chi connectivity index (χ1n) is 24.2. The molecular formula is C48H88O12S. The van der Waals surface area contributed by atoms with Crippen LogP contribution in [0.25, 0.3) is 0 Å². The minimum absolute atomic E-state index is 0.0317. The first-order chi connectivity index (χ1) is 29.6. The molecule has 0 aromatic carbocycles. The molecule has 1 rings (SSSR count). The number of ether oxygens (including phenoxy) is 4. The molecule has 61 heavy (non-hydrogen) atoms. The van der Waals surface area contributed by atoms with E-state index in [-0.39, 0.29) is 19.6 Å². The Kier molecular flexibility index (Phi) is 37.5. The van der Waals surface area contributed by atoms with E-state index < -0.39 is 59.8 Å². The van der Waals surface area contributed by atoms with E-state index in [1.165, 1.54) is 116 Å². The maximum absolute atomic E-state index is 12.9. The van der Waals surface area contributed by atoms with Gasteiger partial charge in [-0.05, 0) is 64.2 Å². The fourth-order valence-corrected chi connectivity index (χ4v) is 7.80. The second-order valence-electron chi connectivity index (χ2n) is 16.7. The molecular weight excluding hydrogens is 801 g/mol. The van der Waals surface area contributed by atoms with E-state index in [4.69, 9.17) is 23.5 Å². The lowest BCUT2D eigenvalue weighted by Crippen LogP contribution is -2.60. The summed E-state index contributed by atoms with van der Waals surface area (Å²) in [6, 6.07) is 0. The third kappa shape index (κ3) is 33.5. The number of allylic oxidation sites excluding steroid dienone is 6. The number of hydrogen-bond donors (Lipinski definition) is 4. The number of hydrogen-bond acceptors (Lipinski definition) is 11. The predicted octanol–water partition coefficient (Wildman–Crippen LogP) is 10.6. The molecule has 358 valence electrons. The van der Waals surface area contributed by atoms with E-state index in [9.17, 15) is 28.5 Å². The lowest BCUT2D eigenvalue weighted by atomic mass is 9.99. The van der Waals surface area contributed by atoms with Crippen LogP contribution < -0.4 is 0 Å². The van der Waals surface area contributed by atoms with Crippen molar-refractivity contribution in [3.05, 3.63) is 36.5 Å². The molecule has 1 fully saturated rings. The molecule has 0 radical (unpaired) electrons. The summed E-state index contributed by atoms with van der Waals surface area (Å²) in [5, 5.41) is 30.7. The van der Waals surface area contributed by atoms with Gasteiger partial charge in [-0.1, -0.05) is 166 Å². The summed E-state index contributed by atoms with van der Waals surface area (Å²) < 4.78 is 59.1. The maximum atomic E-state index is 12.9. The minimum atomic E-state index is -5.06. The Bertz CT molecular complexity index is 1210. The summed E-state index contributed by atoms with van der Waals surface area (Å²) >= 11 is 0. The molecule has 1 aliphatic heterocycles. The van der Waals surface area contributed by atoms with Gasteiger partial charge in [-0.2, -0.15) is 8.42 Å². The standard InChI is InChI=1S/C48H88O12S/c1-3-5-7-9-11-13-15-16-17-18-19-20-21-22-23-24-25-26-27-29-31-33-35-37-44(50)58-42(40-56-38-36-34-32-30-28-14-12-10-8-6-4-2)41-57-48-46(52)47(60-61(53,54)55)45(51)43(39-49)59-48/h8,10,15-16,18-19,42-43,45-49,51-52H,3-7,9,11-14,17,20-41H2,1-2H3,(H,53,54,55)/b10-8-,16-15-,19-18-. The van der Waals surface area contributed by atoms with Gasteiger partial charge in [0.15, 0.2) is 6.29 Å². The highest BCUT2D eigenvalue weighted by Gasteiger charge is 2.48. The maximum Gasteiger partial charge on any atom is 0.397 e. The number of carbonyl (C=O) groups is 1. The summed E-state index contributed by atoms with van der Waals surface area (Å²) in [5.74, 6) is -0.404. The van der Waals surface area contributed by atoms with Crippen molar-refractivity contribution in [1.29, 1.82) is 0 Å². The molecule has 1 saturated heterocycles. The second-order valence-corrected chi connectivity index (χ2v) is 17.7. The Hall–Kier alpha value is -1.68. The monoisotopic (exact) mass is 889 g/mol. The highest BCUT2D eigenvalue weighted by Crippen LogP contribution is 2.26. The van der Waals surface area contributed by atoms with E-state index in [1.54, 1.807) is 0 Å². The molecule has 6 unspecified atom stereocenters. The van der Waals surface area contributed by atoms with Gasteiger partial charge < -0.3 is 34.3 Å². The average molecular weight is 889 g/mol. The van der Waals surface area contributed by atoms with Crippen molar-refractivity contribution in [2.75, 3.05) is 26.4 Å². The van der Waals surface area contributed by atoms with Gasteiger partial charge in [0.1, 0.15) is 30.5 Å². The molecule has 0 spiro atoms. The van der Waals surface area contributed by atoms with Crippen LogP contribution in [0, 0.1) is 0 Å². The smallest absolute Gasteiger partial charge is 0.397 e. The predicted molar refractivity (Wildman–Crippen MR) is 243 cm³/mol. The van der Waals surface area contributed by atoms with Crippen LogP contribution in [0.3, 0.4) is 0 Å².